The van der Waals surface area contributed by atoms with Gasteiger partial charge in [-0.1, -0.05) is 18.2 Å². The topological polar surface area (TPSA) is 52.2 Å². The highest BCUT2D eigenvalue weighted by Gasteiger charge is 2.30. The first kappa shape index (κ1) is 15.4. The Morgan fingerprint density at radius 3 is 3.17 bits per heavy atom. The predicted molar refractivity (Wildman–Crippen MR) is 92.7 cm³/mol. The van der Waals surface area contributed by atoms with Crippen molar-refractivity contribution >= 4 is 11.0 Å². The van der Waals surface area contributed by atoms with E-state index in [1.165, 1.54) is 10.9 Å². The number of rotatable bonds is 5. The summed E-state index contributed by atoms with van der Waals surface area (Å²) in [7, 11) is 0. The third-order valence-electron chi connectivity index (χ3n) is 4.78. The van der Waals surface area contributed by atoms with Gasteiger partial charge in [0.1, 0.15) is 17.5 Å². The van der Waals surface area contributed by atoms with E-state index in [0.29, 0.717) is 0 Å². The van der Waals surface area contributed by atoms with Crippen LogP contribution in [0, 0.1) is 0 Å². The van der Waals surface area contributed by atoms with E-state index in [9.17, 15) is 0 Å². The molecule has 0 spiro atoms. The van der Waals surface area contributed by atoms with Gasteiger partial charge in [0.15, 0.2) is 0 Å². The second kappa shape index (κ2) is 6.79. The van der Waals surface area contributed by atoms with Crippen LogP contribution < -0.4 is 5.32 Å². The fourth-order valence-electron chi connectivity index (χ4n) is 3.50. The fourth-order valence-corrected chi connectivity index (χ4v) is 3.50. The average molecular weight is 325 g/mol. The van der Waals surface area contributed by atoms with Crippen LogP contribution in [-0.2, 0) is 17.8 Å². The number of ether oxygens (including phenoxy) is 1. The smallest absolute Gasteiger partial charge is 0.139 e. The van der Waals surface area contributed by atoms with Gasteiger partial charge in [0.05, 0.1) is 6.26 Å². The Morgan fingerprint density at radius 1 is 1.33 bits per heavy atom. The zero-order valence-electron chi connectivity index (χ0n) is 13.9. The van der Waals surface area contributed by atoms with Gasteiger partial charge in [-0.2, -0.15) is 0 Å². The van der Waals surface area contributed by atoms with Crippen molar-refractivity contribution < 1.29 is 9.15 Å². The van der Waals surface area contributed by atoms with E-state index in [-0.39, 0.29) is 12.1 Å². The number of fused-ring (bicyclic) bond motifs is 1. The summed E-state index contributed by atoms with van der Waals surface area (Å²) >= 11 is 0. The van der Waals surface area contributed by atoms with Crippen LogP contribution >= 0.6 is 0 Å². The predicted octanol–water partition coefficient (Wildman–Crippen LogP) is 3.66. The van der Waals surface area contributed by atoms with E-state index < -0.39 is 0 Å². The molecule has 0 aliphatic carbocycles. The molecular formula is C19H23N3O2. The molecule has 24 heavy (non-hydrogen) atoms. The molecule has 2 aromatic heterocycles. The molecule has 0 radical (unpaired) electrons. The van der Waals surface area contributed by atoms with Crippen molar-refractivity contribution in [2.24, 2.45) is 0 Å². The Hall–Kier alpha value is -2.11. The number of nitrogens with zero attached hydrogens (tertiary/aromatic N) is 2. The molecule has 1 N–H and O–H groups in total. The molecule has 2 atom stereocenters. The molecule has 1 fully saturated rings. The monoisotopic (exact) mass is 325 g/mol. The zero-order chi connectivity index (χ0) is 16.4. The molecule has 1 aromatic carbocycles. The summed E-state index contributed by atoms with van der Waals surface area (Å²) in [6.07, 6.45) is 7.91. The van der Waals surface area contributed by atoms with Gasteiger partial charge in [-0.15, -0.1) is 0 Å². The molecule has 3 heterocycles. The number of imidazole rings is 1. The van der Waals surface area contributed by atoms with Crippen molar-refractivity contribution in [2.45, 2.75) is 45.0 Å². The maximum absolute atomic E-state index is 6.07. The molecule has 126 valence electrons. The molecule has 5 nitrogen and oxygen atoms in total. The second-order valence-electron chi connectivity index (χ2n) is 6.25. The summed E-state index contributed by atoms with van der Waals surface area (Å²) in [5.74, 6) is 1.02. The van der Waals surface area contributed by atoms with Crippen molar-refractivity contribution in [2.75, 3.05) is 6.61 Å². The Morgan fingerprint density at radius 2 is 2.25 bits per heavy atom. The lowest BCUT2D eigenvalue weighted by Gasteiger charge is -2.32. The van der Waals surface area contributed by atoms with Crippen LogP contribution in [0.2, 0.25) is 0 Å². The minimum absolute atomic E-state index is 0.00636. The molecule has 4 rings (SSSR count). The van der Waals surface area contributed by atoms with Gasteiger partial charge in [-0.05, 0) is 25.8 Å². The zero-order valence-corrected chi connectivity index (χ0v) is 13.9. The summed E-state index contributed by atoms with van der Waals surface area (Å²) in [6, 6.07) is 8.42. The number of para-hydroxylation sites is 1. The fraction of sp³-hybridized carbons (Fsp3) is 0.421. The van der Waals surface area contributed by atoms with Crippen LogP contribution in [0.5, 0.6) is 0 Å². The standard InChI is InChI=1S/C19H23N3O2/c1-2-22-10-9-20-19(22)18-16(7-5-11-23-18)21-12-14-13-24-17-8-4-3-6-15(14)17/h3-4,6,8-10,13,16,18,21H,2,5,7,11-12H2,1H3/t16-,18-/m0/s1. The van der Waals surface area contributed by atoms with Gasteiger partial charge in [0, 0.05) is 49.1 Å². The Labute approximate surface area is 141 Å². The number of aryl methyl sites for hydroxylation is 1. The Kier molecular flexibility index (Phi) is 4.36. The van der Waals surface area contributed by atoms with E-state index >= 15 is 0 Å². The van der Waals surface area contributed by atoms with Gasteiger partial charge in [0.2, 0.25) is 0 Å². The molecular weight excluding hydrogens is 302 g/mol. The normalized spacial score (nSPS) is 21.4. The first-order valence-electron chi connectivity index (χ1n) is 8.68. The summed E-state index contributed by atoms with van der Waals surface area (Å²) in [4.78, 5) is 4.54. The van der Waals surface area contributed by atoms with Crippen LogP contribution in [0.4, 0.5) is 0 Å². The van der Waals surface area contributed by atoms with Crippen LogP contribution in [-0.4, -0.2) is 22.2 Å². The van der Waals surface area contributed by atoms with Crippen LogP contribution in [0.25, 0.3) is 11.0 Å². The minimum Gasteiger partial charge on any atom is -0.464 e. The summed E-state index contributed by atoms with van der Waals surface area (Å²) in [6.45, 7) is 4.62. The third-order valence-corrected chi connectivity index (χ3v) is 4.78. The lowest BCUT2D eigenvalue weighted by atomic mass is 10.0. The largest absolute Gasteiger partial charge is 0.464 e. The number of aromatic nitrogens is 2. The highest BCUT2D eigenvalue weighted by atomic mass is 16.5. The van der Waals surface area contributed by atoms with Crippen molar-refractivity contribution in [1.29, 1.82) is 0 Å². The molecule has 0 amide bonds. The quantitative estimate of drug-likeness (QED) is 0.778. The SMILES string of the molecule is CCn1ccnc1[C@H]1OCCC[C@@H]1NCc1coc2ccccc12. The highest BCUT2D eigenvalue weighted by molar-refractivity contribution is 5.80. The minimum atomic E-state index is 0.00636. The average Bonchev–Trinajstić information content (AvgIpc) is 3.27. The molecule has 0 saturated carbocycles. The van der Waals surface area contributed by atoms with Crippen molar-refractivity contribution in [3.8, 4) is 0 Å². The first-order valence-corrected chi connectivity index (χ1v) is 8.68. The van der Waals surface area contributed by atoms with E-state index in [1.54, 1.807) is 0 Å². The maximum atomic E-state index is 6.07. The maximum Gasteiger partial charge on any atom is 0.139 e. The van der Waals surface area contributed by atoms with Gasteiger partial charge in [-0.25, -0.2) is 4.98 Å². The van der Waals surface area contributed by atoms with E-state index in [0.717, 1.165) is 43.9 Å². The van der Waals surface area contributed by atoms with Gasteiger partial charge >= 0.3 is 0 Å². The van der Waals surface area contributed by atoms with Gasteiger partial charge in [0.25, 0.3) is 0 Å². The van der Waals surface area contributed by atoms with Crippen LogP contribution in [0.1, 0.15) is 37.3 Å². The molecule has 3 aromatic rings. The Bertz CT molecular complexity index is 808. The number of furan rings is 1. The summed E-state index contributed by atoms with van der Waals surface area (Å²) < 4.78 is 13.9. The molecule has 0 bridgehead atoms. The molecule has 1 aliphatic heterocycles. The van der Waals surface area contributed by atoms with E-state index in [2.05, 4.69) is 27.9 Å². The molecule has 1 aliphatic rings. The number of nitrogens with one attached hydrogen (secondary N) is 1. The van der Waals surface area contributed by atoms with Gasteiger partial charge in [-0.3, -0.25) is 0 Å². The highest BCUT2D eigenvalue weighted by Crippen LogP contribution is 2.28. The number of hydrogen-bond donors (Lipinski definition) is 1. The first-order chi connectivity index (χ1) is 11.9. The summed E-state index contributed by atoms with van der Waals surface area (Å²) in [5, 5.41) is 4.84. The van der Waals surface area contributed by atoms with E-state index in [1.807, 2.05) is 36.9 Å². The summed E-state index contributed by atoms with van der Waals surface area (Å²) in [5.41, 5.74) is 2.13. The number of benzene rings is 1. The molecule has 0 unspecified atom stereocenters. The van der Waals surface area contributed by atoms with Crippen molar-refractivity contribution in [3.05, 3.63) is 54.3 Å². The van der Waals surface area contributed by atoms with Crippen molar-refractivity contribution in [3.63, 3.8) is 0 Å². The van der Waals surface area contributed by atoms with Crippen LogP contribution in [0.15, 0.2) is 47.3 Å². The molecule has 5 heteroatoms. The lowest BCUT2D eigenvalue weighted by Crippen LogP contribution is -2.40. The Balaban J connectivity index is 1.51. The lowest BCUT2D eigenvalue weighted by molar-refractivity contribution is -0.0182. The van der Waals surface area contributed by atoms with E-state index in [4.69, 9.17) is 9.15 Å². The number of hydrogen-bond acceptors (Lipinski definition) is 4. The second-order valence-corrected chi connectivity index (χ2v) is 6.25. The third kappa shape index (κ3) is 2.85. The van der Waals surface area contributed by atoms with Crippen molar-refractivity contribution in [1.82, 2.24) is 14.9 Å². The molecule has 1 saturated heterocycles. The van der Waals surface area contributed by atoms with Crippen LogP contribution in [0.3, 0.4) is 0 Å². The van der Waals surface area contributed by atoms with Gasteiger partial charge < -0.3 is 19.0 Å².